The summed E-state index contributed by atoms with van der Waals surface area (Å²) in [6.07, 6.45) is 8.51. The standard InChI is InChI=1S/C20H24N4O/c1-2-22-14-16(18-8-3-4-9-19(18)22)13-20(25)24-12-5-7-17(24)15-23-11-6-10-21-23/h3-4,6,8-11,14,17H,2,5,7,12-13,15H2,1H3. The van der Waals surface area contributed by atoms with Crippen molar-refractivity contribution in [1.82, 2.24) is 19.2 Å². The zero-order valence-electron chi connectivity index (χ0n) is 14.6. The molecule has 5 heteroatoms. The monoisotopic (exact) mass is 336 g/mol. The summed E-state index contributed by atoms with van der Waals surface area (Å²) in [5, 5.41) is 5.48. The second kappa shape index (κ2) is 6.75. The Kier molecular flexibility index (Phi) is 4.30. The third-order valence-electron chi connectivity index (χ3n) is 5.21. The lowest BCUT2D eigenvalue weighted by molar-refractivity contribution is -0.131. The van der Waals surface area contributed by atoms with Crippen LogP contribution < -0.4 is 0 Å². The number of carbonyl (C=O) groups is 1. The quantitative estimate of drug-likeness (QED) is 0.718. The summed E-state index contributed by atoms with van der Waals surface area (Å²) < 4.78 is 4.16. The number of fused-ring (bicyclic) bond motifs is 1. The van der Waals surface area contributed by atoms with Gasteiger partial charge in [-0.3, -0.25) is 9.48 Å². The maximum atomic E-state index is 13.0. The van der Waals surface area contributed by atoms with E-state index in [2.05, 4.69) is 45.9 Å². The van der Waals surface area contributed by atoms with Crippen molar-refractivity contribution in [3.8, 4) is 0 Å². The molecule has 25 heavy (non-hydrogen) atoms. The molecule has 3 heterocycles. The molecule has 0 N–H and O–H groups in total. The van der Waals surface area contributed by atoms with E-state index in [0.717, 1.165) is 38.0 Å². The summed E-state index contributed by atoms with van der Waals surface area (Å²) in [7, 11) is 0. The molecule has 1 aliphatic rings. The maximum absolute atomic E-state index is 13.0. The number of likely N-dealkylation sites (tertiary alicyclic amines) is 1. The van der Waals surface area contributed by atoms with E-state index >= 15 is 0 Å². The van der Waals surface area contributed by atoms with Crippen LogP contribution in [-0.4, -0.2) is 37.7 Å². The average Bonchev–Trinajstić information content (AvgIpc) is 3.36. The van der Waals surface area contributed by atoms with Crippen LogP contribution in [0.15, 0.2) is 48.9 Å². The van der Waals surface area contributed by atoms with Gasteiger partial charge in [0.05, 0.1) is 19.0 Å². The van der Waals surface area contributed by atoms with Crippen molar-refractivity contribution in [2.24, 2.45) is 0 Å². The molecular weight excluding hydrogens is 312 g/mol. The van der Waals surface area contributed by atoms with Gasteiger partial charge < -0.3 is 9.47 Å². The smallest absolute Gasteiger partial charge is 0.227 e. The van der Waals surface area contributed by atoms with Crippen LogP contribution in [0.1, 0.15) is 25.3 Å². The zero-order chi connectivity index (χ0) is 17.2. The van der Waals surface area contributed by atoms with Crippen molar-refractivity contribution in [3.63, 3.8) is 0 Å². The highest BCUT2D eigenvalue weighted by Gasteiger charge is 2.29. The van der Waals surface area contributed by atoms with Crippen molar-refractivity contribution < 1.29 is 4.79 Å². The van der Waals surface area contributed by atoms with Gasteiger partial charge in [0.2, 0.25) is 5.91 Å². The second-order valence-corrected chi connectivity index (χ2v) is 6.75. The van der Waals surface area contributed by atoms with E-state index in [1.807, 2.05) is 23.0 Å². The van der Waals surface area contributed by atoms with Gasteiger partial charge in [-0.15, -0.1) is 0 Å². The second-order valence-electron chi connectivity index (χ2n) is 6.75. The van der Waals surface area contributed by atoms with Crippen molar-refractivity contribution >= 4 is 16.8 Å². The Morgan fingerprint density at radius 3 is 2.96 bits per heavy atom. The summed E-state index contributed by atoms with van der Waals surface area (Å²) in [6.45, 7) is 4.70. The molecule has 4 rings (SSSR count). The van der Waals surface area contributed by atoms with Crippen LogP contribution in [0.4, 0.5) is 0 Å². The number of nitrogens with zero attached hydrogens (tertiary/aromatic N) is 4. The molecule has 3 aromatic rings. The third-order valence-corrected chi connectivity index (χ3v) is 5.21. The highest BCUT2D eigenvalue weighted by atomic mass is 16.2. The molecule has 1 aromatic carbocycles. The van der Waals surface area contributed by atoms with Crippen LogP contribution in [0, 0.1) is 0 Å². The van der Waals surface area contributed by atoms with Crippen LogP contribution in [0.3, 0.4) is 0 Å². The highest BCUT2D eigenvalue weighted by molar-refractivity contribution is 5.89. The number of rotatable bonds is 5. The molecule has 2 aromatic heterocycles. The average molecular weight is 336 g/mol. The number of benzene rings is 1. The van der Waals surface area contributed by atoms with E-state index in [9.17, 15) is 4.79 Å². The fraction of sp³-hybridized carbons (Fsp3) is 0.400. The minimum atomic E-state index is 0.230. The number of aromatic nitrogens is 3. The molecule has 1 unspecified atom stereocenters. The SMILES string of the molecule is CCn1cc(CC(=O)N2CCCC2Cn2cccn2)c2ccccc21. The summed E-state index contributed by atoms with van der Waals surface area (Å²) in [6, 6.07) is 10.5. The number of aryl methyl sites for hydroxylation is 1. The Bertz CT molecular complexity index is 865. The van der Waals surface area contributed by atoms with E-state index in [1.165, 1.54) is 10.9 Å². The van der Waals surface area contributed by atoms with Crippen molar-refractivity contribution in [1.29, 1.82) is 0 Å². The van der Waals surface area contributed by atoms with E-state index in [1.54, 1.807) is 6.20 Å². The molecule has 1 saturated heterocycles. The highest BCUT2D eigenvalue weighted by Crippen LogP contribution is 2.25. The lowest BCUT2D eigenvalue weighted by Crippen LogP contribution is -2.39. The van der Waals surface area contributed by atoms with Gasteiger partial charge in [-0.2, -0.15) is 5.10 Å². The van der Waals surface area contributed by atoms with Gasteiger partial charge in [0, 0.05) is 42.6 Å². The Labute approximate surface area is 147 Å². The van der Waals surface area contributed by atoms with Gasteiger partial charge in [-0.25, -0.2) is 0 Å². The Hall–Kier alpha value is -2.56. The van der Waals surface area contributed by atoms with Gasteiger partial charge in [0.15, 0.2) is 0 Å². The molecular formula is C20H24N4O. The minimum Gasteiger partial charge on any atom is -0.347 e. The Morgan fingerprint density at radius 2 is 2.16 bits per heavy atom. The fourth-order valence-corrected chi connectivity index (χ4v) is 3.97. The number of amides is 1. The fourth-order valence-electron chi connectivity index (χ4n) is 3.97. The van der Waals surface area contributed by atoms with Gasteiger partial charge in [-0.1, -0.05) is 18.2 Å². The van der Waals surface area contributed by atoms with Crippen LogP contribution >= 0.6 is 0 Å². The van der Waals surface area contributed by atoms with Gasteiger partial charge in [-0.05, 0) is 37.5 Å². The lowest BCUT2D eigenvalue weighted by Gasteiger charge is -2.24. The van der Waals surface area contributed by atoms with Crippen LogP contribution in [0.25, 0.3) is 10.9 Å². The molecule has 130 valence electrons. The number of para-hydroxylation sites is 1. The first-order valence-corrected chi connectivity index (χ1v) is 9.10. The molecule has 1 atom stereocenters. The van der Waals surface area contributed by atoms with E-state index in [0.29, 0.717) is 6.42 Å². The van der Waals surface area contributed by atoms with Crippen molar-refractivity contribution in [2.45, 2.75) is 45.3 Å². The molecule has 0 spiro atoms. The largest absolute Gasteiger partial charge is 0.347 e. The summed E-state index contributed by atoms with van der Waals surface area (Å²) in [5.41, 5.74) is 2.34. The Balaban J connectivity index is 1.53. The summed E-state index contributed by atoms with van der Waals surface area (Å²) in [5.74, 6) is 0.230. The molecule has 1 amide bonds. The number of hydrogen-bond donors (Lipinski definition) is 0. The first-order chi connectivity index (χ1) is 12.3. The zero-order valence-corrected chi connectivity index (χ0v) is 14.6. The van der Waals surface area contributed by atoms with Crippen LogP contribution in [0.2, 0.25) is 0 Å². The molecule has 1 fully saturated rings. The van der Waals surface area contributed by atoms with Crippen molar-refractivity contribution in [3.05, 3.63) is 54.5 Å². The Morgan fingerprint density at radius 1 is 1.28 bits per heavy atom. The van der Waals surface area contributed by atoms with Crippen molar-refractivity contribution in [2.75, 3.05) is 6.54 Å². The lowest BCUT2D eigenvalue weighted by atomic mass is 10.1. The number of hydrogen-bond acceptors (Lipinski definition) is 2. The van der Waals surface area contributed by atoms with E-state index < -0.39 is 0 Å². The molecule has 0 bridgehead atoms. The third kappa shape index (κ3) is 3.06. The topological polar surface area (TPSA) is 43.1 Å². The van der Waals surface area contributed by atoms with E-state index in [-0.39, 0.29) is 11.9 Å². The van der Waals surface area contributed by atoms with E-state index in [4.69, 9.17) is 0 Å². The summed E-state index contributed by atoms with van der Waals surface area (Å²) >= 11 is 0. The molecule has 0 radical (unpaired) electrons. The molecule has 1 aliphatic heterocycles. The van der Waals surface area contributed by atoms with Crippen LogP contribution in [0.5, 0.6) is 0 Å². The number of carbonyl (C=O) groups excluding carboxylic acids is 1. The van der Waals surface area contributed by atoms with Gasteiger partial charge >= 0.3 is 0 Å². The molecule has 0 aliphatic carbocycles. The molecule has 5 nitrogen and oxygen atoms in total. The van der Waals surface area contributed by atoms with Gasteiger partial charge in [0.1, 0.15) is 0 Å². The first kappa shape index (κ1) is 15.9. The van der Waals surface area contributed by atoms with Gasteiger partial charge in [0.25, 0.3) is 0 Å². The van der Waals surface area contributed by atoms with Crippen LogP contribution in [-0.2, 0) is 24.3 Å². The maximum Gasteiger partial charge on any atom is 0.227 e. The minimum absolute atomic E-state index is 0.230. The molecule has 0 saturated carbocycles. The predicted octanol–water partition coefficient (Wildman–Crippen LogP) is 3.09. The first-order valence-electron chi connectivity index (χ1n) is 9.10. The predicted molar refractivity (Wildman–Crippen MR) is 98.3 cm³/mol. The normalized spacial score (nSPS) is 17.5. The summed E-state index contributed by atoms with van der Waals surface area (Å²) in [4.78, 5) is 15.0.